The van der Waals surface area contributed by atoms with E-state index < -0.39 is 0 Å². The van der Waals surface area contributed by atoms with E-state index in [2.05, 4.69) is 15.2 Å². The van der Waals surface area contributed by atoms with Gasteiger partial charge in [0.2, 0.25) is 11.8 Å². The van der Waals surface area contributed by atoms with Crippen LogP contribution < -0.4 is 4.74 Å². The molecule has 1 fully saturated rings. The van der Waals surface area contributed by atoms with Crippen molar-refractivity contribution >= 4 is 5.91 Å². The van der Waals surface area contributed by atoms with Crippen LogP contribution in [0.25, 0.3) is 0 Å². The van der Waals surface area contributed by atoms with E-state index in [4.69, 9.17) is 9.26 Å². The first-order valence-electron chi connectivity index (χ1n) is 7.20. The van der Waals surface area contributed by atoms with Crippen molar-refractivity contribution in [2.75, 3.05) is 20.2 Å². The SMILES string of the molecule is COc1nn(C)cc1C(=O)N1CC(c2nc(C(C)C)no2)C1. The van der Waals surface area contributed by atoms with E-state index in [-0.39, 0.29) is 17.7 Å². The molecule has 0 N–H and O–H groups in total. The van der Waals surface area contributed by atoms with E-state index in [0.717, 1.165) is 0 Å². The highest BCUT2D eigenvalue weighted by atomic mass is 16.5. The predicted molar refractivity (Wildman–Crippen MR) is 76.8 cm³/mol. The van der Waals surface area contributed by atoms with E-state index >= 15 is 0 Å². The number of likely N-dealkylation sites (tertiary alicyclic amines) is 1. The van der Waals surface area contributed by atoms with Crippen molar-refractivity contribution < 1.29 is 14.1 Å². The number of rotatable bonds is 4. The number of nitrogens with zero attached hydrogens (tertiary/aromatic N) is 5. The zero-order valence-electron chi connectivity index (χ0n) is 13.1. The van der Waals surface area contributed by atoms with Gasteiger partial charge in [0.05, 0.1) is 13.0 Å². The first-order valence-corrected chi connectivity index (χ1v) is 7.20. The van der Waals surface area contributed by atoms with Crippen LogP contribution in [0.4, 0.5) is 0 Å². The molecule has 22 heavy (non-hydrogen) atoms. The fraction of sp³-hybridized carbons (Fsp3) is 0.571. The molecule has 0 bridgehead atoms. The molecule has 0 aliphatic carbocycles. The van der Waals surface area contributed by atoms with Crippen LogP contribution in [0.15, 0.2) is 10.7 Å². The maximum Gasteiger partial charge on any atom is 0.261 e. The maximum atomic E-state index is 12.4. The minimum Gasteiger partial charge on any atom is -0.479 e. The van der Waals surface area contributed by atoms with Gasteiger partial charge in [-0.05, 0) is 0 Å². The molecule has 0 saturated carbocycles. The van der Waals surface area contributed by atoms with Crippen LogP contribution in [0, 0.1) is 0 Å². The first kappa shape index (κ1) is 14.6. The van der Waals surface area contributed by atoms with Gasteiger partial charge >= 0.3 is 0 Å². The smallest absolute Gasteiger partial charge is 0.261 e. The molecular weight excluding hydrogens is 286 g/mol. The summed E-state index contributed by atoms with van der Waals surface area (Å²) < 4.78 is 12.0. The zero-order chi connectivity index (χ0) is 15.9. The van der Waals surface area contributed by atoms with Crippen molar-refractivity contribution in [3.8, 4) is 5.88 Å². The quantitative estimate of drug-likeness (QED) is 0.843. The summed E-state index contributed by atoms with van der Waals surface area (Å²) in [5.74, 6) is 1.89. The second kappa shape index (κ2) is 5.43. The van der Waals surface area contributed by atoms with Gasteiger partial charge in [-0.2, -0.15) is 4.98 Å². The van der Waals surface area contributed by atoms with E-state index in [1.165, 1.54) is 7.11 Å². The molecule has 0 spiro atoms. The Balaban J connectivity index is 1.66. The summed E-state index contributed by atoms with van der Waals surface area (Å²) in [4.78, 5) is 18.5. The second-order valence-corrected chi connectivity index (χ2v) is 5.78. The third-order valence-electron chi connectivity index (χ3n) is 3.71. The van der Waals surface area contributed by atoms with Crippen molar-refractivity contribution in [3.63, 3.8) is 0 Å². The van der Waals surface area contributed by atoms with Crippen LogP contribution in [0.1, 0.15) is 47.8 Å². The van der Waals surface area contributed by atoms with Gasteiger partial charge in [-0.3, -0.25) is 9.48 Å². The normalized spacial score (nSPS) is 15.2. The van der Waals surface area contributed by atoms with Crippen LogP contribution in [0.3, 0.4) is 0 Å². The fourth-order valence-corrected chi connectivity index (χ4v) is 2.38. The number of hydrogen-bond donors (Lipinski definition) is 0. The van der Waals surface area contributed by atoms with E-state index in [9.17, 15) is 4.79 Å². The van der Waals surface area contributed by atoms with E-state index in [1.807, 2.05) is 13.8 Å². The molecule has 1 saturated heterocycles. The average Bonchev–Trinajstić information content (AvgIpc) is 3.03. The number of amides is 1. The third-order valence-corrected chi connectivity index (χ3v) is 3.71. The minimum absolute atomic E-state index is 0.0928. The number of aryl methyl sites for hydroxylation is 1. The van der Waals surface area contributed by atoms with Crippen molar-refractivity contribution in [2.24, 2.45) is 7.05 Å². The number of methoxy groups -OCH3 is 1. The molecule has 118 valence electrons. The molecular formula is C14H19N5O3. The Labute approximate surface area is 128 Å². The summed E-state index contributed by atoms with van der Waals surface area (Å²) in [6.07, 6.45) is 1.66. The average molecular weight is 305 g/mol. The van der Waals surface area contributed by atoms with Gasteiger partial charge in [0, 0.05) is 32.3 Å². The van der Waals surface area contributed by atoms with Crippen LogP contribution in [0.2, 0.25) is 0 Å². The molecule has 1 aliphatic rings. The Morgan fingerprint density at radius 1 is 1.45 bits per heavy atom. The van der Waals surface area contributed by atoms with Crippen LogP contribution in [-0.4, -0.2) is 50.9 Å². The molecule has 0 radical (unpaired) electrons. The molecule has 0 atom stereocenters. The van der Waals surface area contributed by atoms with E-state index in [1.54, 1.807) is 22.8 Å². The molecule has 2 aromatic heterocycles. The van der Waals surface area contributed by atoms with Gasteiger partial charge in [-0.25, -0.2) is 0 Å². The van der Waals surface area contributed by atoms with Crippen molar-refractivity contribution in [1.29, 1.82) is 0 Å². The van der Waals surface area contributed by atoms with Crippen molar-refractivity contribution in [2.45, 2.75) is 25.7 Å². The Morgan fingerprint density at radius 3 is 2.77 bits per heavy atom. The molecule has 1 aliphatic heterocycles. The Hall–Kier alpha value is -2.38. The van der Waals surface area contributed by atoms with E-state index in [0.29, 0.717) is 36.2 Å². The Kier molecular flexibility index (Phi) is 3.59. The molecule has 3 heterocycles. The number of ether oxygens (including phenoxy) is 1. The topological polar surface area (TPSA) is 86.3 Å². The predicted octanol–water partition coefficient (Wildman–Crippen LogP) is 1.17. The summed E-state index contributed by atoms with van der Waals surface area (Å²) >= 11 is 0. The molecule has 2 aromatic rings. The standard InChI is InChI=1S/C14H19N5O3/c1-8(2)11-15-12(22-17-11)9-5-19(6-9)14(20)10-7-18(3)16-13(10)21-4/h7-9H,5-6H2,1-4H3. The lowest BCUT2D eigenvalue weighted by molar-refractivity contribution is 0.0566. The number of aromatic nitrogens is 4. The van der Waals surface area contributed by atoms with Gasteiger partial charge < -0.3 is 14.2 Å². The van der Waals surface area contributed by atoms with Crippen molar-refractivity contribution in [1.82, 2.24) is 24.8 Å². The highest BCUT2D eigenvalue weighted by Gasteiger charge is 2.37. The van der Waals surface area contributed by atoms with Gasteiger partial charge in [-0.1, -0.05) is 19.0 Å². The zero-order valence-corrected chi connectivity index (χ0v) is 13.1. The summed E-state index contributed by atoms with van der Waals surface area (Å²) in [7, 11) is 3.26. The lowest BCUT2D eigenvalue weighted by Gasteiger charge is -2.36. The first-order chi connectivity index (χ1) is 10.5. The maximum absolute atomic E-state index is 12.4. The highest BCUT2D eigenvalue weighted by molar-refractivity contribution is 5.96. The summed E-state index contributed by atoms with van der Waals surface area (Å²) in [5, 5.41) is 8.05. The van der Waals surface area contributed by atoms with Crippen LogP contribution in [-0.2, 0) is 7.05 Å². The summed E-state index contributed by atoms with van der Waals surface area (Å²) in [6, 6.07) is 0. The number of carbonyl (C=O) groups is 1. The van der Waals surface area contributed by atoms with Gasteiger partial charge in [0.1, 0.15) is 5.56 Å². The monoisotopic (exact) mass is 305 g/mol. The van der Waals surface area contributed by atoms with Gasteiger partial charge in [0.25, 0.3) is 5.91 Å². The molecule has 0 aromatic carbocycles. The van der Waals surface area contributed by atoms with Crippen LogP contribution in [0.5, 0.6) is 5.88 Å². The molecule has 3 rings (SSSR count). The van der Waals surface area contributed by atoms with Crippen LogP contribution >= 0.6 is 0 Å². The van der Waals surface area contributed by atoms with Crippen molar-refractivity contribution in [3.05, 3.63) is 23.5 Å². The molecule has 8 nitrogen and oxygen atoms in total. The molecule has 8 heteroatoms. The lowest BCUT2D eigenvalue weighted by atomic mass is 9.99. The number of carbonyl (C=O) groups excluding carboxylic acids is 1. The number of hydrogen-bond acceptors (Lipinski definition) is 6. The molecule has 0 unspecified atom stereocenters. The van der Waals surface area contributed by atoms with Gasteiger partial charge in [-0.15, -0.1) is 5.10 Å². The largest absolute Gasteiger partial charge is 0.479 e. The highest BCUT2D eigenvalue weighted by Crippen LogP contribution is 2.29. The summed E-state index contributed by atoms with van der Waals surface area (Å²) in [5.41, 5.74) is 0.469. The Morgan fingerprint density at radius 2 is 2.18 bits per heavy atom. The second-order valence-electron chi connectivity index (χ2n) is 5.78. The fourth-order valence-electron chi connectivity index (χ4n) is 2.38. The minimum atomic E-state index is -0.0928. The third kappa shape index (κ3) is 2.44. The Bertz CT molecular complexity index is 684. The summed E-state index contributed by atoms with van der Waals surface area (Å²) in [6.45, 7) is 5.16. The van der Waals surface area contributed by atoms with Gasteiger partial charge in [0.15, 0.2) is 5.82 Å². The lowest BCUT2D eigenvalue weighted by Crippen LogP contribution is -2.48. The molecule has 1 amide bonds.